The van der Waals surface area contributed by atoms with Gasteiger partial charge in [0.25, 0.3) is 0 Å². The monoisotopic (exact) mass is 272 g/mol. The van der Waals surface area contributed by atoms with E-state index in [1.807, 2.05) is 0 Å². The summed E-state index contributed by atoms with van der Waals surface area (Å²) in [6.07, 6.45) is 6.99. The minimum absolute atomic E-state index is 0.827. The summed E-state index contributed by atoms with van der Waals surface area (Å²) in [6.45, 7) is 6.75. The lowest BCUT2D eigenvalue weighted by Crippen LogP contribution is -2.39. The average molecular weight is 272 g/mol. The van der Waals surface area contributed by atoms with E-state index in [-0.39, 0.29) is 0 Å². The van der Waals surface area contributed by atoms with Crippen LogP contribution in [0.5, 0.6) is 0 Å². The first-order valence-electron chi connectivity index (χ1n) is 8.32. The molecule has 1 aromatic carbocycles. The molecule has 20 heavy (non-hydrogen) atoms. The topological polar surface area (TPSA) is 15.3 Å². The molecule has 0 amide bonds. The first-order chi connectivity index (χ1) is 9.74. The Morgan fingerprint density at radius 3 is 2.35 bits per heavy atom. The molecule has 0 radical (unpaired) electrons. The molecule has 0 aliphatic carbocycles. The van der Waals surface area contributed by atoms with E-state index in [1.165, 1.54) is 49.9 Å². The number of benzene rings is 1. The number of nitrogens with one attached hydrogen (secondary N) is 1. The smallest absolute Gasteiger partial charge is 0.0366 e. The molecule has 1 N–H and O–H groups in total. The molecule has 2 aliphatic rings. The van der Waals surface area contributed by atoms with Crippen molar-refractivity contribution in [1.82, 2.24) is 5.32 Å². The second-order valence-corrected chi connectivity index (χ2v) is 6.68. The average Bonchev–Trinajstić information content (AvgIpc) is 2.80. The van der Waals surface area contributed by atoms with Gasteiger partial charge in [0.2, 0.25) is 0 Å². The summed E-state index contributed by atoms with van der Waals surface area (Å²) in [4.78, 5) is 2.53. The Balaban J connectivity index is 1.54. The third-order valence-electron chi connectivity index (χ3n) is 5.16. The molecular weight excluding hydrogens is 244 g/mol. The van der Waals surface area contributed by atoms with Gasteiger partial charge in [-0.15, -0.1) is 0 Å². The van der Waals surface area contributed by atoms with Gasteiger partial charge in [0.15, 0.2) is 0 Å². The molecule has 0 spiro atoms. The van der Waals surface area contributed by atoms with Crippen LogP contribution in [-0.4, -0.2) is 25.2 Å². The molecule has 2 nitrogen and oxygen atoms in total. The van der Waals surface area contributed by atoms with E-state index in [1.54, 1.807) is 0 Å². The van der Waals surface area contributed by atoms with E-state index in [2.05, 4.69) is 48.3 Å². The highest BCUT2D eigenvalue weighted by molar-refractivity contribution is 5.47. The molecule has 2 heterocycles. The van der Waals surface area contributed by atoms with Gasteiger partial charge in [0, 0.05) is 30.9 Å². The number of fused-ring (bicyclic) bond motifs is 2. The highest BCUT2D eigenvalue weighted by Crippen LogP contribution is 2.33. The number of rotatable bonds is 5. The molecule has 2 fully saturated rings. The molecule has 0 saturated carbocycles. The van der Waals surface area contributed by atoms with Crippen molar-refractivity contribution >= 4 is 5.69 Å². The lowest BCUT2D eigenvalue weighted by Gasteiger charge is -2.31. The predicted molar refractivity (Wildman–Crippen MR) is 86.4 cm³/mol. The van der Waals surface area contributed by atoms with Gasteiger partial charge in [0.1, 0.15) is 0 Å². The molecule has 0 aromatic heterocycles. The number of anilines is 1. The molecule has 3 rings (SSSR count). The lowest BCUT2D eigenvalue weighted by molar-refractivity contribution is 0.287. The summed E-state index contributed by atoms with van der Waals surface area (Å²) < 4.78 is 0. The van der Waals surface area contributed by atoms with Crippen LogP contribution < -0.4 is 10.2 Å². The van der Waals surface area contributed by atoms with Gasteiger partial charge < -0.3 is 10.2 Å². The molecule has 1 aromatic rings. The number of aryl methyl sites for hydroxylation is 1. The molecule has 2 atom stereocenters. The van der Waals surface area contributed by atoms with E-state index < -0.39 is 0 Å². The summed E-state index contributed by atoms with van der Waals surface area (Å²) in [6, 6.07) is 10.6. The summed E-state index contributed by atoms with van der Waals surface area (Å²) in [5.74, 6) is 0.938. The quantitative estimate of drug-likeness (QED) is 0.878. The third kappa shape index (κ3) is 3.17. The van der Waals surface area contributed by atoms with Crippen molar-refractivity contribution in [3.05, 3.63) is 29.8 Å². The van der Waals surface area contributed by atoms with Crippen LogP contribution in [-0.2, 0) is 0 Å². The van der Waals surface area contributed by atoms with Crippen molar-refractivity contribution in [2.24, 2.45) is 5.92 Å². The van der Waals surface area contributed by atoms with Crippen LogP contribution in [0.4, 0.5) is 5.69 Å². The predicted octanol–water partition coefficient (Wildman–Crippen LogP) is 3.74. The van der Waals surface area contributed by atoms with Crippen molar-refractivity contribution in [3.63, 3.8) is 0 Å². The minimum atomic E-state index is 0.827. The van der Waals surface area contributed by atoms with Gasteiger partial charge >= 0.3 is 0 Å². The van der Waals surface area contributed by atoms with Crippen LogP contribution in [0.15, 0.2) is 24.3 Å². The van der Waals surface area contributed by atoms with Gasteiger partial charge in [-0.25, -0.2) is 0 Å². The first-order valence-corrected chi connectivity index (χ1v) is 8.32. The van der Waals surface area contributed by atoms with E-state index >= 15 is 0 Å². The van der Waals surface area contributed by atoms with E-state index in [0.29, 0.717) is 0 Å². The zero-order chi connectivity index (χ0) is 13.9. The van der Waals surface area contributed by atoms with Gasteiger partial charge in [-0.2, -0.15) is 0 Å². The highest BCUT2D eigenvalue weighted by atomic mass is 15.1. The van der Waals surface area contributed by atoms with Crippen molar-refractivity contribution in [1.29, 1.82) is 0 Å². The van der Waals surface area contributed by atoms with Crippen LogP contribution in [0, 0.1) is 12.8 Å². The third-order valence-corrected chi connectivity index (χ3v) is 5.16. The van der Waals surface area contributed by atoms with E-state index in [4.69, 9.17) is 0 Å². The Labute approximate surface area is 123 Å². The Kier molecular flexibility index (Phi) is 4.30. The maximum absolute atomic E-state index is 3.75. The summed E-state index contributed by atoms with van der Waals surface area (Å²) >= 11 is 0. The van der Waals surface area contributed by atoms with Crippen LogP contribution in [0.3, 0.4) is 0 Å². The van der Waals surface area contributed by atoms with Gasteiger partial charge in [-0.05, 0) is 64.0 Å². The van der Waals surface area contributed by atoms with Crippen molar-refractivity contribution < 1.29 is 0 Å². The normalized spacial score (nSPS) is 28.6. The zero-order valence-electron chi connectivity index (χ0n) is 12.9. The fourth-order valence-electron chi connectivity index (χ4n) is 3.97. The second-order valence-electron chi connectivity index (χ2n) is 6.68. The van der Waals surface area contributed by atoms with Crippen LogP contribution in [0.2, 0.25) is 0 Å². The minimum Gasteiger partial charge on any atom is -0.372 e. The van der Waals surface area contributed by atoms with Gasteiger partial charge in [-0.1, -0.05) is 17.7 Å². The highest BCUT2D eigenvalue weighted by Gasteiger charge is 2.33. The fourth-order valence-corrected chi connectivity index (χ4v) is 3.97. The molecule has 2 bridgehead atoms. The van der Waals surface area contributed by atoms with Crippen LogP contribution in [0.25, 0.3) is 0 Å². The summed E-state index contributed by atoms with van der Waals surface area (Å²) in [7, 11) is 0. The Morgan fingerprint density at radius 1 is 1.10 bits per heavy atom. The van der Waals surface area contributed by atoms with E-state index in [0.717, 1.165) is 24.5 Å². The first kappa shape index (κ1) is 13.9. The lowest BCUT2D eigenvalue weighted by atomic mass is 9.89. The molecular formula is C18H28N2. The largest absolute Gasteiger partial charge is 0.372 e. The molecule has 2 heteroatoms. The van der Waals surface area contributed by atoms with Crippen molar-refractivity contribution in [2.75, 3.05) is 18.0 Å². The number of piperidine rings is 1. The van der Waals surface area contributed by atoms with Crippen molar-refractivity contribution in [2.45, 2.75) is 58.0 Å². The molecule has 110 valence electrons. The Hall–Kier alpha value is -1.02. The van der Waals surface area contributed by atoms with Gasteiger partial charge in [0.05, 0.1) is 0 Å². The molecule has 2 saturated heterocycles. The number of hydrogen-bond acceptors (Lipinski definition) is 2. The van der Waals surface area contributed by atoms with Crippen molar-refractivity contribution in [3.8, 4) is 0 Å². The van der Waals surface area contributed by atoms with Crippen LogP contribution in [0.1, 0.15) is 44.6 Å². The zero-order valence-corrected chi connectivity index (χ0v) is 12.9. The SMILES string of the molecule is CCN(CCC1CC2CCC(C1)N2)c1ccc(C)cc1. The Bertz CT molecular complexity index is 414. The van der Waals surface area contributed by atoms with Gasteiger partial charge in [-0.3, -0.25) is 0 Å². The fraction of sp³-hybridized carbons (Fsp3) is 0.667. The maximum Gasteiger partial charge on any atom is 0.0366 e. The summed E-state index contributed by atoms with van der Waals surface area (Å²) in [5.41, 5.74) is 2.73. The standard InChI is InChI=1S/C18H28N2/c1-3-20(18-8-4-14(2)5-9-18)11-10-15-12-16-6-7-17(13-15)19-16/h4-5,8-9,15-17,19H,3,6-7,10-13H2,1-2H3. The Morgan fingerprint density at radius 2 is 1.75 bits per heavy atom. The summed E-state index contributed by atoms with van der Waals surface area (Å²) in [5, 5.41) is 3.75. The van der Waals surface area contributed by atoms with E-state index in [9.17, 15) is 0 Å². The maximum atomic E-state index is 3.75. The number of hydrogen-bond donors (Lipinski definition) is 1. The number of nitrogens with zero attached hydrogens (tertiary/aromatic N) is 1. The second kappa shape index (κ2) is 6.17. The van der Waals surface area contributed by atoms with Crippen LogP contribution >= 0.6 is 0 Å². The molecule has 2 aliphatic heterocycles. The molecule has 2 unspecified atom stereocenters.